The molecule has 2 atom stereocenters. The molecule has 1 saturated heterocycles. The van der Waals surface area contributed by atoms with Crippen molar-refractivity contribution in [1.29, 1.82) is 0 Å². The zero-order valence-corrected chi connectivity index (χ0v) is 23.0. The molecule has 3 aromatic carbocycles. The minimum atomic E-state index is -1.25. The van der Waals surface area contributed by atoms with Gasteiger partial charge in [-0.05, 0) is 24.1 Å². The van der Waals surface area contributed by atoms with Crippen molar-refractivity contribution in [3.63, 3.8) is 0 Å². The van der Waals surface area contributed by atoms with Crippen LogP contribution >= 0.6 is 0 Å². The van der Waals surface area contributed by atoms with Crippen molar-refractivity contribution < 1.29 is 53.3 Å². The van der Waals surface area contributed by atoms with Crippen LogP contribution in [-0.2, 0) is 16.1 Å². The van der Waals surface area contributed by atoms with Crippen LogP contribution < -0.4 is 39.4 Å². The molecule has 1 aliphatic rings. The molecule has 1 fully saturated rings. The van der Waals surface area contributed by atoms with Gasteiger partial charge < -0.3 is 23.8 Å². The van der Waals surface area contributed by atoms with Gasteiger partial charge in [-0.3, -0.25) is 4.90 Å². The Morgan fingerprint density at radius 1 is 1.03 bits per heavy atom. The number of methoxy groups -OCH3 is 1. The van der Waals surface area contributed by atoms with Crippen LogP contribution in [0.3, 0.4) is 0 Å². The molecular weight excluding hydrogens is 479 g/mol. The fourth-order valence-electron chi connectivity index (χ4n) is 4.63. The summed E-state index contributed by atoms with van der Waals surface area (Å²) < 4.78 is 17.5. The van der Waals surface area contributed by atoms with Gasteiger partial charge in [0, 0.05) is 31.3 Å². The van der Waals surface area contributed by atoms with Gasteiger partial charge in [0.05, 0.1) is 18.1 Å². The largest absolute Gasteiger partial charge is 1.00 e. The molecule has 0 aliphatic carbocycles. The molecule has 0 N–H and O–H groups in total. The van der Waals surface area contributed by atoms with E-state index in [-0.39, 0.29) is 41.7 Å². The first-order valence-electron chi connectivity index (χ1n) is 11.9. The van der Waals surface area contributed by atoms with Gasteiger partial charge in [0.15, 0.2) is 5.76 Å². The normalized spacial score (nSPS) is 17.3. The molecule has 2 heterocycles. The third-order valence-electron chi connectivity index (χ3n) is 6.35. The number of likely N-dealkylation sites (tertiary alicyclic amines) is 1. The number of benzene rings is 3. The number of aliphatic carboxylic acids is 1. The van der Waals surface area contributed by atoms with E-state index in [9.17, 15) is 9.90 Å². The number of hydrogen-bond acceptors (Lipinski definition) is 7. The Balaban J connectivity index is 0.00000320. The van der Waals surface area contributed by atoms with Crippen molar-refractivity contribution in [2.75, 3.05) is 20.3 Å². The molecule has 0 spiro atoms. The van der Waals surface area contributed by atoms with Crippen LogP contribution in [0.25, 0.3) is 22.6 Å². The maximum Gasteiger partial charge on any atom is 1.00 e. The average Bonchev–Trinajstić information content (AvgIpc) is 3.53. The number of nitrogens with zero attached hydrogens (tertiary/aromatic N) is 2. The molecule has 37 heavy (non-hydrogen) atoms. The first-order valence-corrected chi connectivity index (χ1v) is 11.9. The molecular formula is C29H27N2NaO5. The van der Waals surface area contributed by atoms with Gasteiger partial charge in [-0.25, -0.2) is 4.98 Å². The molecule has 8 heteroatoms. The summed E-state index contributed by atoms with van der Waals surface area (Å²) in [5, 5.41) is 10.8. The summed E-state index contributed by atoms with van der Waals surface area (Å²) in [6, 6.07) is 27.4. The molecule has 1 aromatic heterocycles. The molecule has 184 valence electrons. The number of rotatable bonds is 9. The number of oxazole rings is 1. The van der Waals surface area contributed by atoms with Crippen LogP contribution in [0.1, 0.15) is 23.9 Å². The van der Waals surface area contributed by atoms with Gasteiger partial charge in [-0.2, -0.15) is 0 Å². The number of ether oxygens (including phenoxy) is 2. The van der Waals surface area contributed by atoms with Crippen LogP contribution in [0.4, 0.5) is 0 Å². The molecule has 5 rings (SSSR count). The van der Waals surface area contributed by atoms with Crippen LogP contribution in [-0.4, -0.2) is 42.2 Å². The van der Waals surface area contributed by atoms with Crippen LogP contribution in [0.2, 0.25) is 0 Å². The second kappa shape index (κ2) is 12.5. The van der Waals surface area contributed by atoms with Crippen molar-refractivity contribution in [1.82, 2.24) is 9.88 Å². The Morgan fingerprint density at radius 3 is 2.41 bits per heavy atom. The number of carbonyl (C=O) groups is 1. The summed E-state index contributed by atoms with van der Waals surface area (Å²) in [5.74, 6) is 0.631. The van der Waals surface area contributed by atoms with Crippen molar-refractivity contribution in [2.24, 2.45) is 0 Å². The standard InChI is InChI=1S/C29H28N2O5.Na/c1-34-24-16-25(31(18-24)17-20-9-8-14-23(15-20)35-19-26(32)33)29-30-27(21-10-4-2-5-11-21)28(36-29)22-12-6-3-7-13-22;/h2-15,24-25H,16-19H2,1H3,(H,32,33);/q;+1/p-1/t24-,25-;/m1./s1. The number of carboxylic acids is 1. The minimum absolute atomic E-state index is 0. The van der Waals surface area contributed by atoms with E-state index in [4.69, 9.17) is 18.9 Å². The van der Waals surface area contributed by atoms with Gasteiger partial charge in [-0.15, -0.1) is 0 Å². The van der Waals surface area contributed by atoms with E-state index in [0.29, 0.717) is 18.2 Å². The van der Waals surface area contributed by atoms with Gasteiger partial charge >= 0.3 is 29.6 Å². The molecule has 0 saturated carbocycles. The van der Waals surface area contributed by atoms with Crippen LogP contribution in [0, 0.1) is 0 Å². The maximum atomic E-state index is 10.8. The van der Waals surface area contributed by atoms with Gasteiger partial charge in [0.1, 0.15) is 18.1 Å². The Kier molecular flexibility index (Phi) is 9.18. The number of carbonyl (C=O) groups excluding carboxylic acids is 1. The average molecular weight is 507 g/mol. The summed E-state index contributed by atoms with van der Waals surface area (Å²) in [7, 11) is 1.72. The zero-order chi connectivity index (χ0) is 24.9. The minimum Gasteiger partial charge on any atom is -0.546 e. The van der Waals surface area contributed by atoms with E-state index >= 15 is 0 Å². The smallest absolute Gasteiger partial charge is 0.546 e. The van der Waals surface area contributed by atoms with Crippen LogP contribution in [0.5, 0.6) is 5.75 Å². The number of carboxylic acid groups (broad SMARTS) is 1. The summed E-state index contributed by atoms with van der Waals surface area (Å²) >= 11 is 0. The molecule has 4 aromatic rings. The number of hydrogen-bond donors (Lipinski definition) is 0. The van der Waals surface area contributed by atoms with E-state index < -0.39 is 12.6 Å². The molecule has 0 radical (unpaired) electrons. The summed E-state index contributed by atoms with van der Waals surface area (Å²) in [4.78, 5) is 18.0. The quantitative estimate of drug-likeness (QED) is 0.314. The van der Waals surface area contributed by atoms with Crippen molar-refractivity contribution >= 4 is 5.97 Å². The van der Waals surface area contributed by atoms with E-state index in [1.807, 2.05) is 78.9 Å². The predicted octanol–water partition coefficient (Wildman–Crippen LogP) is 1.10. The molecule has 0 bridgehead atoms. The topological polar surface area (TPSA) is 87.9 Å². The third-order valence-corrected chi connectivity index (χ3v) is 6.35. The summed E-state index contributed by atoms with van der Waals surface area (Å²) in [6.45, 7) is 0.841. The van der Waals surface area contributed by atoms with E-state index in [0.717, 1.165) is 41.1 Å². The zero-order valence-electron chi connectivity index (χ0n) is 21.0. The molecule has 7 nitrogen and oxygen atoms in total. The predicted molar refractivity (Wildman–Crippen MR) is 133 cm³/mol. The second-order valence-corrected chi connectivity index (χ2v) is 8.81. The van der Waals surface area contributed by atoms with Gasteiger partial charge in [-0.1, -0.05) is 72.8 Å². The van der Waals surface area contributed by atoms with Crippen LogP contribution in [0.15, 0.2) is 89.3 Å². The summed E-state index contributed by atoms with van der Waals surface area (Å²) in [5.41, 5.74) is 3.78. The summed E-state index contributed by atoms with van der Waals surface area (Å²) in [6.07, 6.45) is 0.792. The molecule has 1 aliphatic heterocycles. The second-order valence-electron chi connectivity index (χ2n) is 8.81. The van der Waals surface area contributed by atoms with Gasteiger partial charge in [0.25, 0.3) is 0 Å². The molecule has 0 unspecified atom stereocenters. The Bertz CT molecular complexity index is 1260. The molecule has 0 amide bonds. The van der Waals surface area contributed by atoms with Crippen molar-refractivity contribution in [3.8, 4) is 28.3 Å². The Hall–Kier alpha value is -2.94. The maximum absolute atomic E-state index is 10.8. The van der Waals surface area contributed by atoms with E-state index in [1.165, 1.54) is 0 Å². The first-order chi connectivity index (χ1) is 17.6. The van der Waals surface area contributed by atoms with E-state index in [2.05, 4.69) is 4.90 Å². The monoisotopic (exact) mass is 506 g/mol. The Labute approximate surface area is 238 Å². The van der Waals surface area contributed by atoms with E-state index in [1.54, 1.807) is 13.2 Å². The Morgan fingerprint density at radius 2 is 1.73 bits per heavy atom. The van der Waals surface area contributed by atoms with Gasteiger partial charge in [0.2, 0.25) is 5.89 Å². The first kappa shape index (κ1) is 27.1. The van der Waals surface area contributed by atoms with Crippen molar-refractivity contribution in [3.05, 3.63) is 96.4 Å². The fraction of sp³-hybridized carbons (Fsp3) is 0.241. The third kappa shape index (κ3) is 6.50. The SMILES string of the molecule is CO[C@@H]1C[C@H](c2nc(-c3ccccc3)c(-c3ccccc3)o2)N(Cc2cccc(OCC(=O)[O-])c2)C1.[Na+]. The number of aromatic nitrogens is 1. The van der Waals surface area contributed by atoms with Crippen molar-refractivity contribution in [2.45, 2.75) is 25.1 Å². The fourth-order valence-corrected chi connectivity index (χ4v) is 4.63.